The van der Waals surface area contributed by atoms with Crippen LogP contribution in [0.2, 0.25) is 0 Å². The Kier molecular flexibility index (Phi) is 5.45. The van der Waals surface area contributed by atoms with E-state index in [1.54, 1.807) is 0 Å². The van der Waals surface area contributed by atoms with Crippen molar-refractivity contribution in [2.45, 2.75) is 11.8 Å². The first kappa shape index (κ1) is 19.3. The number of carbonyl (C=O) groups excluding carboxylic acids is 1. The van der Waals surface area contributed by atoms with E-state index in [1.165, 1.54) is 49.7 Å². The van der Waals surface area contributed by atoms with Crippen molar-refractivity contribution in [1.29, 1.82) is 0 Å². The lowest BCUT2D eigenvalue weighted by Gasteiger charge is -2.11. The highest BCUT2D eigenvalue weighted by atomic mass is 32.2. The fourth-order valence-electron chi connectivity index (χ4n) is 2.37. The Morgan fingerprint density at radius 1 is 1.19 bits per heavy atom. The Morgan fingerprint density at radius 2 is 1.89 bits per heavy atom. The molecule has 0 radical (unpaired) electrons. The number of nitrogens with one attached hydrogen (secondary N) is 1. The standard InChI is InChI=1S/C18H19N3O4S2/c1-4-25-13-7-10-15-16(11-13)26-18(19-15)20-17(22)12-5-8-14(9-6-12)27(23,24)21(2)3/h5-11H,4H2,1-3H3,(H,19,20,22). The van der Waals surface area contributed by atoms with Crippen molar-refractivity contribution in [1.82, 2.24) is 9.29 Å². The smallest absolute Gasteiger partial charge is 0.257 e. The van der Waals surface area contributed by atoms with Crippen LogP contribution in [0.15, 0.2) is 47.4 Å². The molecule has 27 heavy (non-hydrogen) atoms. The molecule has 3 aromatic rings. The number of fused-ring (bicyclic) bond motifs is 1. The first-order valence-corrected chi connectivity index (χ1v) is 10.4. The maximum Gasteiger partial charge on any atom is 0.257 e. The minimum Gasteiger partial charge on any atom is -0.494 e. The normalized spacial score (nSPS) is 11.7. The van der Waals surface area contributed by atoms with Crippen molar-refractivity contribution in [2.24, 2.45) is 0 Å². The van der Waals surface area contributed by atoms with Crippen LogP contribution in [0.4, 0.5) is 5.13 Å². The summed E-state index contributed by atoms with van der Waals surface area (Å²) in [4.78, 5) is 16.9. The summed E-state index contributed by atoms with van der Waals surface area (Å²) in [5.41, 5.74) is 1.12. The molecule has 3 rings (SSSR count). The molecule has 0 aliphatic rings. The number of amides is 1. The summed E-state index contributed by atoms with van der Waals surface area (Å²) in [5, 5.41) is 3.21. The average molecular weight is 406 g/mol. The van der Waals surface area contributed by atoms with Gasteiger partial charge in [0.2, 0.25) is 10.0 Å². The van der Waals surface area contributed by atoms with Gasteiger partial charge in [-0.15, -0.1) is 0 Å². The molecule has 0 atom stereocenters. The van der Waals surface area contributed by atoms with Crippen LogP contribution in [0, 0.1) is 0 Å². The Bertz CT molecular complexity index is 1070. The van der Waals surface area contributed by atoms with E-state index in [9.17, 15) is 13.2 Å². The van der Waals surface area contributed by atoms with Crippen LogP contribution < -0.4 is 10.1 Å². The van der Waals surface area contributed by atoms with Crippen molar-refractivity contribution < 1.29 is 17.9 Å². The molecule has 0 aliphatic heterocycles. The summed E-state index contributed by atoms with van der Waals surface area (Å²) in [5.74, 6) is 0.400. The highest BCUT2D eigenvalue weighted by Gasteiger charge is 2.18. The quantitative estimate of drug-likeness (QED) is 0.680. The Balaban J connectivity index is 1.78. The van der Waals surface area contributed by atoms with Gasteiger partial charge in [0, 0.05) is 19.7 Å². The van der Waals surface area contributed by atoms with Crippen LogP contribution >= 0.6 is 11.3 Å². The molecule has 0 aliphatic carbocycles. The second-order valence-electron chi connectivity index (χ2n) is 5.85. The van der Waals surface area contributed by atoms with E-state index in [0.29, 0.717) is 17.3 Å². The van der Waals surface area contributed by atoms with Crippen LogP contribution in [0.25, 0.3) is 10.2 Å². The van der Waals surface area contributed by atoms with Gasteiger partial charge in [0.25, 0.3) is 5.91 Å². The third-order valence-corrected chi connectivity index (χ3v) is 6.55. The molecule has 0 unspecified atom stereocenters. The molecule has 1 N–H and O–H groups in total. The number of aromatic nitrogens is 1. The lowest BCUT2D eigenvalue weighted by atomic mass is 10.2. The van der Waals surface area contributed by atoms with E-state index in [0.717, 1.165) is 20.3 Å². The van der Waals surface area contributed by atoms with Gasteiger partial charge >= 0.3 is 0 Å². The number of carbonyl (C=O) groups is 1. The van der Waals surface area contributed by atoms with Gasteiger partial charge in [-0.3, -0.25) is 10.1 Å². The molecule has 1 aromatic heterocycles. The predicted molar refractivity (Wildman–Crippen MR) is 106 cm³/mol. The van der Waals surface area contributed by atoms with Crippen LogP contribution in [-0.4, -0.2) is 44.3 Å². The molecule has 0 saturated carbocycles. The van der Waals surface area contributed by atoms with Crippen molar-refractivity contribution in [2.75, 3.05) is 26.0 Å². The number of hydrogen-bond donors (Lipinski definition) is 1. The van der Waals surface area contributed by atoms with Crippen LogP contribution in [0.5, 0.6) is 5.75 Å². The SMILES string of the molecule is CCOc1ccc2nc(NC(=O)c3ccc(S(=O)(=O)N(C)C)cc3)sc2c1. The van der Waals surface area contributed by atoms with Gasteiger partial charge in [0.05, 0.1) is 21.7 Å². The van der Waals surface area contributed by atoms with Gasteiger partial charge in [0.1, 0.15) is 5.75 Å². The molecule has 9 heteroatoms. The van der Waals surface area contributed by atoms with Gasteiger partial charge in [0.15, 0.2) is 5.13 Å². The van der Waals surface area contributed by atoms with Crippen LogP contribution in [0.1, 0.15) is 17.3 Å². The van der Waals surface area contributed by atoms with Crippen molar-refractivity contribution in [3.8, 4) is 5.75 Å². The average Bonchev–Trinajstić information content (AvgIpc) is 3.03. The molecule has 0 bridgehead atoms. The molecular formula is C18H19N3O4S2. The summed E-state index contributed by atoms with van der Waals surface area (Å²) >= 11 is 1.35. The van der Waals surface area contributed by atoms with Gasteiger partial charge < -0.3 is 4.74 Å². The maximum absolute atomic E-state index is 12.4. The summed E-state index contributed by atoms with van der Waals surface area (Å²) in [7, 11) is -0.608. The van der Waals surface area contributed by atoms with E-state index < -0.39 is 10.0 Å². The summed E-state index contributed by atoms with van der Waals surface area (Å²) in [6.45, 7) is 2.49. The largest absolute Gasteiger partial charge is 0.494 e. The van der Waals surface area contributed by atoms with Crippen molar-refractivity contribution in [3.05, 3.63) is 48.0 Å². The van der Waals surface area contributed by atoms with E-state index in [2.05, 4.69) is 10.3 Å². The highest BCUT2D eigenvalue weighted by molar-refractivity contribution is 7.89. The third kappa shape index (κ3) is 4.10. The summed E-state index contributed by atoms with van der Waals surface area (Å²) < 4.78 is 31.7. The predicted octanol–water partition coefficient (Wildman–Crippen LogP) is 3.20. The first-order valence-electron chi connectivity index (χ1n) is 8.18. The number of thiazole rings is 1. The fourth-order valence-corrected chi connectivity index (χ4v) is 4.16. The number of hydrogen-bond acceptors (Lipinski definition) is 6. The zero-order chi connectivity index (χ0) is 19.6. The second kappa shape index (κ2) is 7.63. The number of rotatable bonds is 6. The Morgan fingerprint density at radius 3 is 2.52 bits per heavy atom. The third-order valence-electron chi connectivity index (χ3n) is 3.79. The maximum atomic E-state index is 12.4. The minimum absolute atomic E-state index is 0.132. The molecular weight excluding hydrogens is 386 g/mol. The number of nitrogens with zero attached hydrogens (tertiary/aromatic N) is 2. The second-order valence-corrected chi connectivity index (χ2v) is 9.03. The number of benzene rings is 2. The van der Waals surface area contributed by atoms with Crippen LogP contribution in [0.3, 0.4) is 0 Å². The Labute approximate surface area is 161 Å². The molecule has 0 spiro atoms. The number of ether oxygens (including phenoxy) is 1. The van der Waals surface area contributed by atoms with E-state index >= 15 is 0 Å². The molecule has 7 nitrogen and oxygen atoms in total. The first-order chi connectivity index (χ1) is 12.8. The number of sulfonamides is 1. The highest BCUT2D eigenvalue weighted by Crippen LogP contribution is 2.29. The van der Waals surface area contributed by atoms with Crippen molar-refractivity contribution >= 4 is 42.6 Å². The van der Waals surface area contributed by atoms with E-state index in [4.69, 9.17) is 4.74 Å². The van der Waals surface area contributed by atoms with E-state index in [1.807, 2.05) is 25.1 Å². The molecule has 0 fully saturated rings. The zero-order valence-electron chi connectivity index (χ0n) is 15.1. The van der Waals surface area contributed by atoms with Crippen LogP contribution in [-0.2, 0) is 10.0 Å². The fraction of sp³-hybridized carbons (Fsp3) is 0.222. The molecule has 0 saturated heterocycles. The minimum atomic E-state index is -3.52. The molecule has 2 aromatic carbocycles. The lowest BCUT2D eigenvalue weighted by molar-refractivity contribution is 0.102. The molecule has 142 valence electrons. The van der Waals surface area contributed by atoms with Gasteiger partial charge in [-0.05, 0) is 49.4 Å². The number of anilines is 1. The topological polar surface area (TPSA) is 88.6 Å². The zero-order valence-corrected chi connectivity index (χ0v) is 16.7. The van der Waals surface area contributed by atoms with Crippen molar-refractivity contribution in [3.63, 3.8) is 0 Å². The summed E-state index contributed by atoms with van der Waals surface area (Å²) in [6, 6.07) is 11.3. The van der Waals surface area contributed by atoms with Gasteiger partial charge in [-0.1, -0.05) is 11.3 Å². The molecule has 1 heterocycles. The van der Waals surface area contributed by atoms with Gasteiger partial charge in [-0.25, -0.2) is 17.7 Å². The van der Waals surface area contributed by atoms with Gasteiger partial charge in [-0.2, -0.15) is 0 Å². The Hall–Kier alpha value is -2.49. The van der Waals surface area contributed by atoms with E-state index in [-0.39, 0.29) is 10.8 Å². The molecule has 1 amide bonds. The summed E-state index contributed by atoms with van der Waals surface area (Å²) in [6.07, 6.45) is 0. The lowest BCUT2D eigenvalue weighted by Crippen LogP contribution is -2.22. The monoisotopic (exact) mass is 405 g/mol.